The van der Waals surface area contributed by atoms with E-state index in [-0.39, 0.29) is 0 Å². The van der Waals surface area contributed by atoms with Gasteiger partial charge in [-0.3, -0.25) is 0 Å². The monoisotopic (exact) mass is 286 g/mol. The summed E-state index contributed by atoms with van der Waals surface area (Å²) >= 11 is 1.26. The van der Waals surface area contributed by atoms with Gasteiger partial charge in [0.15, 0.2) is 0 Å². The van der Waals surface area contributed by atoms with Crippen molar-refractivity contribution in [2.75, 3.05) is 32.7 Å². The highest BCUT2D eigenvalue weighted by Crippen LogP contribution is 2.20. The molecule has 2 heterocycles. The quantitative estimate of drug-likeness (QED) is 0.815. The van der Waals surface area contributed by atoms with Crippen LogP contribution < -0.4 is 4.90 Å². The number of nitrogens with zero attached hydrogens (tertiary/aromatic N) is 2. The highest BCUT2D eigenvalue weighted by molar-refractivity contribution is 7.91. The van der Waals surface area contributed by atoms with Crippen molar-refractivity contribution in [3.63, 3.8) is 0 Å². The van der Waals surface area contributed by atoms with Crippen molar-refractivity contribution >= 4 is 21.4 Å². The van der Waals surface area contributed by atoms with Gasteiger partial charge in [-0.05, 0) is 11.4 Å². The maximum Gasteiger partial charge on any atom is 0.252 e. The van der Waals surface area contributed by atoms with Crippen LogP contribution in [0.25, 0.3) is 0 Å². The first-order valence-electron chi connectivity index (χ1n) is 5.89. The summed E-state index contributed by atoms with van der Waals surface area (Å²) in [5, 5.41) is 10.3. The lowest BCUT2D eigenvalue weighted by Gasteiger charge is -2.30. The fraction of sp³-hybridized carbons (Fsp3) is 0.545. The van der Waals surface area contributed by atoms with Crippen molar-refractivity contribution in [1.29, 1.82) is 5.26 Å². The average Bonchev–Trinajstić information content (AvgIpc) is 2.91. The van der Waals surface area contributed by atoms with Crippen LogP contribution in [-0.2, 0) is 10.0 Å². The van der Waals surface area contributed by atoms with Crippen LogP contribution in [0.2, 0.25) is 0 Å². The number of thiophene rings is 1. The molecule has 0 bridgehead atoms. The summed E-state index contributed by atoms with van der Waals surface area (Å²) in [5.41, 5.74) is 0. The molecule has 0 radical (unpaired) electrons. The molecule has 98 valence electrons. The minimum atomic E-state index is -3.29. The van der Waals surface area contributed by atoms with Gasteiger partial charge in [0.1, 0.15) is 4.21 Å². The molecule has 1 fully saturated rings. The normalized spacial score (nSPS) is 18.6. The van der Waals surface area contributed by atoms with Crippen LogP contribution in [0.3, 0.4) is 0 Å². The van der Waals surface area contributed by atoms with E-state index < -0.39 is 10.0 Å². The van der Waals surface area contributed by atoms with Crippen molar-refractivity contribution in [3.05, 3.63) is 17.5 Å². The van der Waals surface area contributed by atoms with Gasteiger partial charge in [-0.1, -0.05) is 6.07 Å². The zero-order chi connectivity index (χ0) is 13.0. The lowest BCUT2D eigenvalue weighted by molar-refractivity contribution is -0.903. The van der Waals surface area contributed by atoms with Gasteiger partial charge in [-0.2, -0.15) is 9.57 Å². The van der Waals surface area contributed by atoms with Gasteiger partial charge < -0.3 is 4.90 Å². The van der Waals surface area contributed by atoms with E-state index in [0.29, 0.717) is 23.7 Å². The van der Waals surface area contributed by atoms with Crippen molar-refractivity contribution in [1.82, 2.24) is 4.31 Å². The smallest absolute Gasteiger partial charge is 0.252 e. The third kappa shape index (κ3) is 2.90. The van der Waals surface area contributed by atoms with Crippen LogP contribution in [0.15, 0.2) is 21.7 Å². The Morgan fingerprint density at radius 2 is 2.17 bits per heavy atom. The third-order valence-corrected chi connectivity index (χ3v) is 6.38. The molecule has 0 aromatic carbocycles. The molecule has 0 unspecified atom stereocenters. The topological polar surface area (TPSA) is 65.6 Å². The SMILES string of the molecule is N#CCC[NH+]1CCN(S(=O)(=O)c2cccs2)CC1. The minimum Gasteiger partial charge on any atom is -0.332 e. The lowest BCUT2D eigenvalue weighted by Crippen LogP contribution is -3.14. The van der Waals surface area contributed by atoms with Crippen molar-refractivity contribution in [3.8, 4) is 6.07 Å². The number of sulfonamides is 1. The number of nitriles is 1. The molecule has 1 aromatic heterocycles. The maximum atomic E-state index is 12.2. The second kappa shape index (κ2) is 5.80. The van der Waals surface area contributed by atoms with Crippen LogP contribution >= 0.6 is 11.3 Å². The van der Waals surface area contributed by atoms with E-state index in [2.05, 4.69) is 6.07 Å². The van der Waals surface area contributed by atoms with Crippen molar-refractivity contribution in [2.24, 2.45) is 0 Å². The van der Waals surface area contributed by atoms with Gasteiger partial charge in [-0.15, -0.1) is 11.3 Å². The predicted octanol–water partition coefficient (Wildman–Crippen LogP) is -0.449. The Hall–Kier alpha value is -0.940. The van der Waals surface area contributed by atoms with Gasteiger partial charge in [0.05, 0.1) is 45.2 Å². The first-order chi connectivity index (χ1) is 8.64. The van der Waals surface area contributed by atoms with E-state index in [1.54, 1.807) is 21.8 Å². The molecule has 1 aromatic rings. The number of piperazine rings is 1. The van der Waals surface area contributed by atoms with E-state index in [1.807, 2.05) is 0 Å². The molecular formula is C11H16N3O2S2+. The van der Waals surface area contributed by atoms with Gasteiger partial charge >= 0.3 is 0 Å². The molecule has 1 aliphatic rings. The second-order valence-electron chi connectivity index (χ2n) is 4.24. The summed E-state index contributed by atoms with van der Waals surface area (Å²) in [6, 6.07) is 5.53. The van der Waals surface area contributed by atoms with E-state index >= 15 is 0 Å². The largest absolute Gasteiger partial charge is 0.332 e. The van der Waals surface area contributed by atoms with Gasteiger partial charge in [-0.25, -0.2) is 8.42 Å². The Morgan fingerprint density at radius 1 is 1.44 bits per heavy atom. The molecule has 2 rings (SSSR count). The van der Waals surface area contributed by atoms with Crippen molar-refractivity contribution in [2.45, 2.75) is 10.6 Å². The number of rotatable bonds is 4. The second-order valence-corrected chi connectivity index (χ2v) is 7.36. The summed E-state index contributed by atoms with van der Waals surface area (Å²) in [4.78, 5) is 1.31. The Labute approximate surface area is 111 Å². The first kappa shape index (κ1) is 13.5. The molecule has 0 aliphatic carbocycles. The first-order valence-corrected chi connectivity index (χ1v) is 8.21. The van der Waals surface area contributed by atoms with Gasteiger partial charge in [0.25, 0.3) is 10.0 Å². The lowest BCUT2D eigenvalue weighted by atomic mass is 10.3. The zero-order valence-electron chi connectivity index (χ0n) is 10.0. The summed E-state index contributed by atoms with van der Waals surface area (Å²) in [5.74, 6) is 0. The third-order valence-electron chi connectivity index (χ3n) is 3.11. The maximum absolute atomic E-state index is 12.2. The van der Waals surface area contributed by atoms with Crippen LogP contribution in [0.4, 0.5) is 0 Å². The predicted molar refractivity (Wildman–Crippen MR) is 68.9 cm³/mol. The summed E-state index contributed by atoms with van der Waals surface area (Å²) in [6.45, 7) is 3.46. The summed E-state index contributed by atoms with van der Waals surface area (Å²) in [6.07, 6.45) is 0.535. The van der Waals surface area contributed by atoms with Crippen molar-refractivity contribution < 1.29 is 13.3 Å². The molecular weight excluding hydrogens is 270 g/mol. The van der Waals surface area contributed by atoms with Gasteiger partial charge in [0.2, 0.25) is 0 Å². The Kier molecular flexibility index (Phi) is 4.35. The number of hydrogen-bond donors (Lipinski definition) is 1. The van der Waals surface area contributed by atoms with Crippen LogP contribution in [0.1, 0.15) is 6.42 Å². The molecule has 5 nitrogen and oxygen atoms in total. The highest BCUT2D eigenvalue weighted by atomic mass is 32.2. The summed E-state index contributed by atoms with van der Waals surface area (Å²) < 4.78 is 26.5. The van der Waals surface area contributed by atoms with Crippen LogP contribution in [0.5, 0.6) is 0 Å². The number of nitrogens with one attached hydrogen (secondary N) is 1. The molecule has 0 atom stereocenters. The van der Waals surface area contributed by atoms with Crippen LogP contribution in [-0.4, -0.2) is 45.4 Å². The molecule has 1 aliphatic heterocycles. The molecule has 0 spiro atoms. The molecule has 1 N–H and O–H groups in total. The molecule has 7 heteroatoms. The minimum absolute atomic E-state index is 0.419. The van der Waals surface area contributed by atoms with E-state index in [0.717, 1.165) is 19.6 Å². The van der Waals surface area contributed by atoms with E-state index in [9.17, 15) is 8.42 Å². The summed E-state index contributed by atoms with van der Waals surface area (Å²) in [7, 11) is -3.29. The molecule has 0 amide bonds. The zero-order valence-corrected chi connectivity index (χ0v) is 11.6. The number of quaternary nitrogens is 1. The van der Waals surface area contributed by atoms with E-state index in [1.165, 1.54) is 16.2 Å². The fourth-order valence-electron chi connectivity index (χ4n) is 2.06. The highest BCUT2D eigenvalue weighted by Gasteiger charge is 2.30. The van der Waals surface area contributed by atoms with Gasteiger partial charge in [0, 0.05) is 0 Å². The Balaban J connectivity index is 1.96. The molecule has 0 saturated carbocycles. The molecule has 18 heavy (non-hydrogen) atoms. The fourth-order valence-corrected chi connectivity index (χ4v) is 4.65. The number of hydrogen-bond acceptors (Lipinski definition) is 4. The average molecular weight is 286 g/mol. The standard InChI is InChI=1S/C11H15N3O2S2/c12-4-2-5-13-6-8-14(9-7-13)18(15,16)11-3-1-10-17-11/h1,3,10H,2,5-9H2/p+1. The Morgan fingerprint density at radius 3 is 2.72 bits per heavy atom. The van der Waals surface area contributed by atoms with Crippen LogP contribution in [0, 0.1) is 11.3 Å². The Bertz CT molecular complexity index is 511. The van der Waals surface area contributed by atoms with E-state index in [4.69, 9.17) is 5.26 Å². The molecule has 1 saturated heterocycles.